The predicted molar refractivity (Wildman–Crippen MR) is 89.5 cm³/mol. The quantitative estimate of drug-likeness (QED) is 0.934. The Morgan fingerprint density at radius 1 is 1.30 bits per heavy atom. The van der Waals surface area contributed by atoms with Crippen LogP contribution in [0.2, 0.25) is 0 Å². The molecule has 1 aromatic heterocycles. The summed E-state index contributed by atoms with van der Waals surface area (Å²) in [6.45, 7) is 2.00. The van der Waals surface area contributed by atoms with E-state index in [9.17, 15) is 4.79 Å². The van der Waals surface area contributed by atoms with Gasteiger partial charge in [0.2, 0.25) is 0 Å². The van der Waals surface area contributed by atoms with Crippen LogP contribution in [-0.2, 0) is 13.0 Å². The van der Waals surface area contributed by atoms with Crippen molar-refractivity contribution in [2.45, 2.75) is 13.0 Å². The van der Waals surface area contributed by atoms with E-state index in [1.807, 2.05) is 6.07 Å². The van der Waals surface area contributed by atoms with Crippen LogP contribution >= 0.6 is 0 Å². The summed E-state index contributed by atoms with van der Waals surface area (Å²) in [6, 6.07) is 12.0. The lowest BCUT2D eigenvalue weighted by Crippen LogP contribution is -2.32. The average Bonchev–Trinajstić information content (AvgIpc) is 2.61. The molecular formula is C18H21N3O2. The number of aliphatic hydroxyl groups is 1. The number of rotatable bonds is 4. The van der Waals surface area contributed by atoms with Gasteiger partial charge in [0.25, 0.3) is 5.91 Å². The third kappa shape index (κ3) is 3.35. The molecule has 0 unspecified atom stereocenters. The molecule has 0 fully saturated rings. The first-order chi connectivity index (χ1) is 11.2. The van der Waals surface area contributed by atoms with Crippen LogP contribution in [-0.4, -0.2) is 47.6 Å². The Bertz CT molecular complexity index is 702. The molecule has 1 amide bonds. The van der Waals surface area contributed by atoms with Gasteiger partial charge in [-0.25, -0.2) is 4.98 Å². The first-order valence-electron chi connectivity index (χ1n) is 7.83. The number of anilines is 1. The molecule has 3 rings (SSSR count). The molecule has 0 radical (unpaired) electrons. The minimum atomic E-state index is -0.0971. The first-order valence-corrected chi connectivity index (χ1v) is 7.83. The second-order valence-electron chi connectivity index (χ2n) is 5.79. The summed E-state index contributed by atoms with van der Waals surface area (Å²) in [7, 11) is 1.69. The highest BCUT2D eigenvalue weighted by Crippen LogP contribution is 2.23. The highest BCUT2D eigenvalue weighted by molar-refractivity contribution is 5.94. The minimum absolute atomic E-state index is 0.0386. The van der Waals surface area contributed by atoms with Gasteiger partial charge in [-0.15, -0.1) is 0 Å². The highest BCUT2D eigenvalue weighted by Gasteiger charge is 2.19. The second-order valence-corrected chi connectivity index (χ2v) is 5.79. The van der Waals surface area contributed by atoms with E-state index in [4.69, 9.17) is 5.11 Å². The number of pyridine rings is 1. The van der Waals surface area contributed by atoms with Crippen LogP contribution in [0, 0.1) is 0 Å². The minimum Gasteiger partial charge on any atom is -0.395 e. The lowest BCUT2D eigenvalue weighted by Gasteiger charge is -2.30. The Kier molecular flexibility index (Phi) is 4.57. The molecule has 0 aliphatic carbocycles. The second kappa shape index (κ2) is 6.79. The molecule has 23 heavy (non-hydrogen) atoms. The third-order valence-corrected chi connectivity index (χ3v) is 4.23. The zero-order valence-corrected chi connectivity index (χ0v) is 13.3. The molecule has 0 saturated heterocycles. The van der Waals surface area contributed by atoms with Crippen molar-refractivity contribution in [1.29, 1.82) is 0 Å². The van der Waals surface area contributed by atoms with E-state index in [-0.39, 0.29) is 12.5 Å². The molecule has 120 valence electrons. The van der Waals surface area contributed by atoms with Gasteiger partial charge in [-0.2, -0.15) is 0 Å². The molecule has 5 heteroatoms. The Morgan fingerprint density at radius 3 is 2.87 bits per heavy atom. The summed E-state index contributed by atoms with van der Waals surface area (Å²) in [5, 5.41) is 8.97. The summed E-state index contributed by atoms with van der Waals surface area (Å²) >= 11 is 0. The Hall–Kier alpha value is -2.40. The number of aliphatic hydroxyl groups excluding tert-OH is 1. The lowest BCUT2D eigenvalue weighted by atomic mass is 10.00. The lowest BCUT2D eigenvalue weighted by molar-refractivity contribution is 0.0767. The van der Waals surface area contributed by atoms with Crippen molar-refractivity contribution >= 4 is 11.7 Å². The van der Waals surface area contributed by atoms with E-state index in [2.05, 4.69) is 34.1 Å². The number of carbonyl (C=O) groups is 1. The average molecular weight is 311 g/mol. The van der Waals surface area contributed by atoms with Gasteiger partial charge >= 0.3 is 0 Å². The van der Waals surface area contributed by atoms with Gasteiger partial charge in [-0.05, 0) is 29.7 Å². The summed E-state index contributed by atoms with van der Waals surface area (Å²) in [5.41, 5.74) is 3.30. The number of carbonyl (C=O) groups excluding carboxylic acids is 1. The van der Waals surface area contributed by atoms with E-state index < -0.39 is 0 Å². The Labute approximate surface area is 136 Å². The van der Waals surface area contributed by atoms with Gasteiger partial charge in [0.15, 0.2) is 0 Å². The highest BCUT2D eigenvalue weighted by atomic mass is 16.3. The number of fused-ring (bicyclic) bond motifs is 1. The van der Waals surface area contributed by atoms with E-state index in [0.717, 1.165) is 25.3 Å². The molecule has 0 bridgehead atoms. The number of likely N-dealkylation sites (N-methyl/N-ethyl adjacent to an activating group) is 1. The zero-order chi connectivity index (χ0) is 16.2. The molecule has 2 aromatic rings. The largest absolute Gasteiger partial charge is 0.395 e. The van der Waals surface area contributed by atoms with Gasteiger partial charge in [-0.1, -0.05) is 24.3 Å². The fourth-order valence-electron chi connectivity index (χ4n) is 2.89. The Morgan fingerprint density at radius 2 is 2.09 bits per heavy atom. The SMILES string of the molecule is CN(CCO)C(=O)c1ccnc(N2CCc3ccccc3C2)c1. The molecule has 1 aliphatic heterocycles. The van der Waals surface area contributed by atoms with Crippen LogP contribution < -0.4 is 4.90 Å². The van der Waals surface area contributed by atoms with Crippen LogP contribution in [0.15, 0.2) is 42.6 Å². The maximum atomic E-state index is 12.3. The molecule has 0 atom stereocenters. The monoisotopic (exact) mass is 311 g/mol. The fourth-order valence-corrected chi connectivity index (χ4v) is 2.89. The maximum absolute atomic E-state index is 12.3. The summed E-state index contributed by atoms with van der Waals surface area (Å²) in [6.07, 6.45) is 2.66. The van der Waals surface area contributed by atoms with Crippen molar-refractivity contribution in [3.8, 4) is 0 Å². The van der Waals surface area contributed by atoms with Crippen molar-refractivity contribution in [3.63, 3.8) is 0 Å². The summed E-state index contributed by atoms with van der Waals surface area (Å²) in [4.78, 5) is 20.5. The van der Waals surface area contributed by atoms with Crippen molar-refractivity contribution < 1.29 is 9.90 Å². The van der Waals surface area contributed by atoms with E-state index in [0.29, 0.717) is 12.1 Å². The van der Waals surface area contributed by atoms with Gasteiger partial charge in [-0.3, -0.25) is 4.79 Å². The standard InChI is InChI=1S/C18H21N3O2/c1-20(10-11-22)18(23)15-6-8-19-17(12-15)21-9-7-14-4-2-3-5-16(14)13-21/h2-6,8,12,22H,7,9-11,13H2,1H3. The number of hydrogen-bond donors (Lipinski definition) is 1. The van der Waals surface area contributed by atoms with Crippen molar-refractivity contribution in [2.24, 2.45) is 0 Å². The fraction of sp³-hybridized carbons (Fsp3) is 0.333. The molecule has 1 N–H and O–H groups in total. The topological polar surface area (TPSA) is 56.7 Å². The van der Waals surface area contributed by atoms with Crippen LogP contribution in [0.3, 0.4) is 0 Å². The molecule has 0 saturated carbocycles. The van der Waals surface area contributed by atoms with E-state index in [1.54, 1.807) is 19.3 Å². The molecule has 0 spiro atoms. The Balaban J connectivity index is 1.80. The number of aromatic nitrogens is 1. The number of hydrogen-bond acceptors (Lipinski definition) is 4. The first kappa shape index (κ1) is 15.5. The summed E-state index contributed by atoms with van der Waals surface area (Å²) in [5.74, 6) is 0.725. The smallest absolute Gasteiger partial charge is 0.253 e. The molecule has 5 nitrogen and oxygen atoms in total. The van der Waals surface area contributed by atoms with Crippen LogP contribution in [0.1, 0.15) is 21.5 Å². The normalized spacial score (nSPS) is 13.6. The summed E-state index contributed by atoms with van der Waals surface area (Å²) < 4.78 is 0. The molecule has 1 aromatic carbocycles. The zero-order valence-electron chi connectivity index (χ0n) is 13.3. The van der Waals surface area contributed by atoms with Crippen LogP contribution in [0.5, 0.6) is 0 Å². The maximum Gasteiger partial charge on any atom is 0.253 e. The van der Waals surface area contributed by atoms with Crippen molar-refractivity contribution in [1.82, 2.24) is 9.88 Å². The third-order valence-electron chi connectivity index (χ3n) is 4.23. The van der Waals surface area contributed by atoms with E-state index in [1.165, 1.54) is 16.0 Å². The van der Waals surface area contributed by atoms with Gasteiger partial charge < -0.3 is 14.9 Å². The molecule has 2 heterocycles. The number of nitrogens with zero attached hydrogens (tertiary/aromatic N) is 3. The van der Waals surface area contributed by atoms with Gasteiger partial charge in [0.05, 0.1) is 6.61 Å². The molecular weight excluding hydrogens is 290 g/mol. The number of benzene rings is 1. The van der Waals surface area contributed by atoms with Crippen molar-refractivity contribution in [2.75, 3.05) is 31.6 Å². The van der Waals surface area contributed by atoms with Crippen molar-refractivity contribution in [3.05, 3.63) is 59.3 Å². The van der Waals surface area contributed by atoms with Gasteiger partial charge in [0, 0.05) is 38.4 Å². The molecule has 1 aliphatic rings. The van der Waals surface area contributed by atoms with E-state index >= 15 is 0 Å². The predicted octanol–water partition coefficient (Wildman–Crippen LogP) is 1.71. The van der Waals surface area contributed by atoms with Crippen LogP contribution in [0.25, 0.3) is 0 Å². The van der Waals surface area contributed by atoms with Crippen LogP contribution in [0.4, 0.5) is 5.82 Å². The number of amides is 1. The van der Waals surface area contributed by atoms with Gasteiger partial charge in [0.1, 0.15) is 5.82 Å².